The van der Waals surface area contributed by atoms with Crippen LogP contribution >= 0.6 is 0 Å². The summed E-state index contributed by atoms with van der Waals surface area (Å²) in [5.74, 6) is 1.83. The minimum atomic E-state index is 0.0656. The van der Waals surface area contributed by atoms with Gasteiger partial charge in [0.15, 0.2) is 5.65 Å². The van der Waals surface area contributed by atoms with Crippen molar-refractivity contribution in [3.63, 3.8) is 0 Å². The largest absolute Gasteiger partial charge is 0.509 e. The molecule has 0 aliphatic carbocycles. The van der Waals surface area contributed by atoms with Gasteiger partial charge in [0, 0.05) is 24.4 Å². The molecule has 0 unspecified atom stereocenters. The fourth-order valence-electron chi connectivity index (χ4n) is 2.96. The van der Waals surface area contributed by atoms with Crippen LogP contribution in [0.2, 0.25) is 0 Å². The van der Waals surface area contributed by atoms with Crippen LogP contribution in [0.25, 0.3) is 16.7 Å². The highest BCUT2D eigenvalue weighted by Crippen LogP contribution is 2.34. The van der Waals surface area contributed by atoms with E-state index in [0.29, 0.717) is 34.2 Å². The molecule has 0 spiro atoms. The number of hydrogen-bond acceptors (Lipinski definition) is 6. The van der Waals surface area contributed by atoms with Gasteiger partial charge in [0.25, 0.3) is 0 Å². The van der Waals surface area contributed by atoms with E-state index in [1.165, 1.54) is 0 Å². The number of rotatable bonds is 4. The summed E-state index contributed by atoms with van der Waals surface area (Å²) in [6.45, 7) is 0.162. The van der Waals surface area contributed by atoms with Crippen molar-refractivity contribution in [3.8, 4) is 11.5 Å². The normalized spacial score (nSPS) is 14.4. The first kappa shape index (κ1) is 15.9. The lowest BCUT2D eigenvalue weighted by Gasteiger charge is -2.20. The molecule has 8 heteroatoms. The molecule has 0 saturated carbocycles. The standard InChI is InChI=1S/C18H17N5O3/c1-25-11-6-10(7-12(8-11)26-2)23-9-14(24)15(16(23)19)18-21-13-4-3-5-20-17(13)22-18/h3-8,19,24H,9H2,1-2H3,(H,20,21,22). The molecule has 1 aliphatic rings. The molecule has 0 fully saturated rings. The highest BCUT2D eigenvalue weighted by atomic mass is 16.5. The van der Waals surface area contributed by atoms with E-state index >= 15 is 0 Å². The first-order valence-electron chi connectivity index (χ1n) is 7.93. The number of benzene rings is 1. The van der Waals surface area contributed by atoms with Gasteiger partial charge in [0.05, 0.1) is 37.5 Å². The summed E-state index contributed by atoms with van der Waals surface area (Å²) >= 11 is 0. The van der Waals surface area contributed by atoms with Crippen molar-refractivity contribution in [1.29, 1.82) is 5.41 Å². The minimum Gasteiger partial charge on any atom is -0.509 e. The second-order valence-corrected chi connectivity index (χ2v) is 5.79. The first-order valence-corrected chi connectivity index (χ1v) is 7.93. The number of imidazole rings is 1. The van der Waals surface area contributed by atoms with E-state index in [4.69, 9.17) is 14.9 Å². The highest BCUT2D eigenvalue weighted by Gasteiger charge is 2.32. The number of methoxy groups -OCH3 is 2. The lowest BCUT2D eigenvalue weighted by atomic mass is 10.2. The summed E-state index contributed by atoms with van der Waals surface area (Å²) in [5, 5.41) is 19.0. The molecule has 0 bridgehead atoms. The van der Waals surface area contributed by atoms with Crippen molar-refractivity contribution >= 4 is 28.3 Å². The van der Waals surface area contributed by atoms with E-state index in [1.807, 2.05) is 6.07 Å². The number of fused-ring (bicyclic) bond motifs is 1. The van der Waals surface area contributed by atoms with Crippen LogP contribution in [-0.4, -0.2) is 46.7 Å². The average Bonchev–Trinajstić information content (AvgIpc) is 3.21. The van der Waals surface area contributed by atoms with E-state index < -0.39 is 0 Å². The number of H-pyrrole nitrogens is 1. The van der Waals surface area contributed by atoms with Crippen LogP contribution < -0.4 is 14.4 Å². The maximum atomic E-state index is 10.5. The SMILES string of the molecule is COc1cc(OC)cc(N2CC(O)=C(c3nc4ncccc4[nH]3)C2=N)c1. The molecule has 3 aromatic rings. The van der Waals surface area contributed by atoms with Crippen LogP contribution in [0.15, 0.2) is 42.3 Å². The average molecular weight is 351 g/mol. The molecule has 0 atom stereocenters. The van der Waals surface area contributed by atoms with E-state index in [1.54, 1.807) is 49.6 Å². The maximum Gasteiger partial charge on any atom is 0.178 e. The fraction of sp³-hybridized carbons (Fsp3) is 0.167. The van der Waals surface area contributed by atoms with Crippen molar-refractivity contribution < 1.29 is 14.6 Å². The van der Waals surface area contributed by atoms with Gasteiger partial charge in [-0.05, 0) is 12.1 Å². The minimum absolute atomic E-state index is 0.0656. The number of nitrogens with one attached hydrogen (secondary N) is 2. The van der Waals surface area contributed by atoms with Gasteiger partial charge in [0.1, 0.15) is 28.9 Å². The Morgan fingerprint density at radius 1 is 1.19 bits per heavy atom. The summed E-state index contributed by atoms with van der Waals surface area (Å²) in [5.41, 5.74) is 2.32. The van der Waals surface area contributed by atoms with Gasteiger partial charge >= 0.3 is 0 Å². The van der Waals surface area contributed by atoms with E-state index in [-0.39, 0.29) is 18.1 Å². The Balaban J connectivity index is 1.72. The number of aromatic nitrogens is 3. The number of ether oxygens (including phenoxy) is 2. The lowest BCUT2D eigenvalue weighted by Crippen LogP contribution is -2.26. The number of amidine groups is 1. The van der Waals surface area contributed by atoms with Gasteiger partial charge in [-0.2, -0.15) is 0 Å². The van der Waals surface area contributed by atoms with Crippen molar-refractivity contribution in [1.82, 2.24) is 15.0 Å². The first-order chi connectivity index (χ1) is 12.6. The highest BCUT2D eigenvalue weighted by molar-refractivity contribution is 6.30. The zero-order valence-electron chi connectivity index (χ0n) is 14.3. The Bertz CT molecular complexity index is 985. The van der Waals surface area contributed by atoms with E-state index in [0.717, 1.165) is 5.52 Å². The van der Waals surface area contributed by atoms with Crippen LogP contribution in [0, 0.1) is 5.41 Å². The molecule has 0 saturated heterocycles. The third-order valence-electron chi connectivity index (χ3n) is 4.25. The number of aromatic amines is 1. The molecule has 0 amide bonds. The number of pyridine rings is 1. The number of hydrogen-bond donors (Lipinski definition) is 3. The lowest BCUT2D eigenvalue weighted by molar-refractivity contribution is 0.394. The van der Waals surface area contributed by atoms with Crippen LogP contribution in [0.5, 0.6) is 11.5 Å². The van der Waals surface area contributed by atoms with Gasteiger partial charge in [-0.25, -0.2) is 9.97 Å². The molecule has 4 rings (SSSR count). The smallest absolute Gasteiger partial charge is 0.178 e. The number of aliphatic hydroxyl groups is 1. The summed E-state index contributed by atoms with van der Waals surface area (Å²) < 4.78 is 10.6. The predicted molar refractivity (Wildman–Crippen MR) is 98.1 cm³/mol. The molecule has 3 heterocycles. The second kappa shape index (κ2) is 6.07. The summed E-state index contributed by atoms with van der Waals surface area (Å²) in [6, 6.07) is 8.97. The monoisotopic (exact) mass is 351 g/mol. The quantitative estimate of drug-likeness (QED) is 0.667. The number of anilines is 1. The van der Waals surface area contributed by atoms with Gasteiger partial charge < -0.3 is 24.5 Å². The van der Waals surface area contributed by atoms with Crippen molar-refractivity contribution in [2.75, 3.05) is 25.7 Å². The molecule has 26 heavy (non-hydrogen) atoms. The Kier molecular flexibility index (Phi) is 3.72. The molecular formula is C18H17N5O3. The molecule has 8 nitrogen and oxygen atoms in total. The maximum absolute atomic E-state index is 10.5. The van der Waals surface area contributed by atoms with Gasteiger partial charge in [-0.1, -0.05) is 0 Å². The van der Waals surface area contributed by atoms with Crippen LogP contribution in [0.1, 0.15) is 5.82 Å². The van der Waals surface area contributed by atoms with Gasteiger partial charge in [-0.3, -0.25) is 5.41 Å². The van der Waals surface area contributed by atoms with Crippen molar-refractivity contribution in [2.45, 2.75) is 0 Å². The molecular weight excluding hydrogens is 334 g/mol. The zero-order chi connectivity index (χ0) is 18.3. The summed E-state index contributed by atoms with van der Waals surface area (Å²) in [6.07, 6.45) is 1.65. The molecule has 132 valence electrons. The van der Waals surface area contributed by atoms with E-state index in [9.17, 15) is 5.11 Å². The van der Waals surface area contributed by atoms with Crippen LogP contribution in [-0.2, 0) is 0 Å². The van der Waals surface area contributed by atoms with Crippen LogP contribution in [0.4, 0.5) is 5.69 Å². The summed E-state index contributed by atoms with van der Waals surface area (Å²) in [4.78, 5) is 13.3. The number of nitrogens with zero attached hydrogens (tertiary/aromatic N) is 3. The third kappa shape index (κ3) is 2.52. The fourth-order valence-corrected chi connectivity index (χ4v) is 2.96. The van der Waals surface area contributed by atoms with E-state index in [2.05, 4.69) is 15.0 Å². The Morgan fingerprint density at radius 3 is 2.58 bits per heavy atom. The molecule has 0 radical (unpaired) electrons. The van der Waals surface area contributed by atoms with Crippen molar-refractivity contribution in [3.05, 3.63) is 48.1 Å². The zero-order valence-corrected chi connectivity index (χ0v) is 14.3. The molecule has 1 aromatic carbocycles. The summed E-state index contributed by atoms with van der Waals surface area (Å²) in [7, 11) is 3.13. The Hall–Kier alpha value is -3.55. The second-order valence-electron chi connectivity index (χ2n) is 5.79. The van der Waals surface area contributed by atoms with Crippen LogP contribution in [0.3, 0.4) is 0 Å². The van der Waals surface area contributed by atoms with Crippen molar-refractivity contribution in [2.24, 2.45) is 0 Å². The predicted octanol–water partition coefficient (Wildman–Crippen LogP) is 2.74. The molecule has 3 N–H and O–H groups in total. The topological polar surface area (TPSA) is 107 Å². The van der Waals surface area contributed by atoms with Gasteiger partial charge in [-0.15, -0.1) is 0 Å². The third-order valence-corrected chi connectivity index (χ3v) is 4.25. The number of aliphatic hydroxyl groups excluding tert-OH is 1. The Labute approximate surface area is 149 Å². The van der Waals surface area contributed by atoms with Gasteiger partial charge in [0.2, 0.25) is 0 Å². The Morgan fingerprint density at radius 2 is 1.92 bits per heavy atom. The molecule has 2 aromatic heterocycles. The molecule has 1 aliphatic heterocycles.